The van der Waals surface area contributed by atoms with Crippen LogP contribution in [-0.4, -0.2) is 35.9 Å². The number of nitrogens with zero attached hydrogens (tertiary/aromatic N) is 1. The molecule has 0 radical (unpaired) electrons. The highest BCUT2D eigenvalue weighted by molar-refractivity contribution is 6.31. The highest BCUT2D eigenvalue weighted by Gasteiger charge is 2.29. The topological polar surface area (TPSA) is 58.6 Å². The molecule has 2 amide bonds. The van der Waals surface area contributed by atoms with Crippen LogP contribution in [-0.2, 0) is 16.1 Å². The molecule has 0 aromatic heterocycles. The molecule has 0 unspecified atom stereocenters. The fourth-order valence-corrected chi connectivity index (χ4v) is 3.66. The maximum absolute atomic E-state index is 13.3. The Labute approximate surface area is 190 Å². The van der Waals surface area contributed by atoms with Crippen LogP contribution in [0, 0.1) is 20.8 Å². The standard InChI is InChI=1S/C25H33ClN2O3/c1-6-12-27-25(30)22(7-2)28(15-20-10-8-9-11-21(20)26)24(29)16-31-23-14-17(3)13-18(4)19(23)5/h8-11,13-14,22H,6-7,12,15-16H2,1-5H3,(H,27,30)/t22-/m1/s1. The number of benzene rings is 2. The summed E-state index contributed by atoms with van der Waals surface area (Å²) < 4.78 is 5.91. The molecule has 6 heteroatoms. The van der Waals surface area contributed by atoms with E-state index in [0.29, 0.717) is 23.7 Å². The fraction of sp³-hybridized carbons (Fsp3) is 0.440. The Hall–Kier alpha value is -2.53. The molecule has 2 rings (SSSR count). The van der Waals surface area contributed by atoms with Crippen molar-refractivity contribution in [1.82, 2.24) is 10.2 Å². The largest absolute Gasteiger partial charge is 0.483 e. The number of amides is 2. The van der Waals surface area contributed by atoms with Crippen LogP contribution >= 0.6 is 11.6 Å². The van der Waals surface area contributed by atoms with E-state index >= 15 is 0 Å². The molecule has 0 aliphatic rings. The van der Waals surface area contributed by atoms with Crippen molar-refractivity contribution >= 4 is 23.4 Å². The highest BCUT2D eigenvalue weighted by Crippen LogP contribution is 2.24. The molecule has 0 saturated carbocycles. The summed E-state index contributed by atoms with van der Waals surface area (Å²) in [7, 11) is 0. The second-order valence-corrected chi connectivity index (χ2v) is 8.23. The van der Waals surface area contributed by atoms with Crippen molar-refractivity contribution < 1.29 is 14.3 Å². The molecule has 0 spiro atoms. The predicted octanol–water partition coefficient (Wildman–Crippen LogP) is 4.98. The number of rotatable bonds is 10. The van der Waals surface area contributed by atoms with Crippen LogP contribution in [0.15, 0.2) is 36.4 Å². The van der Waals surface area contributed by atoms with Gasteiger partial charge in [0.1, 0.15) is 11.8 Å². The van der Waals surface area contributed by atoms with Gasteiger partial charge in [-0.05, 0) is 68.0 Å². The summed E-state index contributed by atoms with van der Waals surface area (Å²) in [5.74, 6) is 0.274. The van der Waals surface area contributed by atoms with Crippen molar-refractivity contribution in [1.29, 1.82) is 0 Å². The van der Waals surface area contributed by atoms with Crippen LogP contribution in [0.3, 0.4) is 0 Å². The average Bonchev–Trinajstić information content (AvgIpc) is 2.74. The first-order valence-electron chi connectivity index (χ1n) is 10.8. The lowest BCUT2D eigenvalue weighted by molar-refractivity contribution is -0.143. The Bertz CT molecular complexity index is 914. The molecule has 1 atom stereocenters. The predicted molar refractivity (Wildman–Crippen MR) is 126 cm³/mol. The summed E-state index contributed by atoms with van der Waals surface area (Å²) in [4.78, 5) is 27.6. The molecule has 0 saturated heterocycles. The van der Waals surface area contributed by atoms with Crippen LogP contribution in [0.4, 0.5) is 0 Å². The second kappa shape index (κ2) is 11.8. The molecule has 1 N–H and O–H groups in total. The monoisotopic (exact) mass is 444 g/mol. The number of nitrogens with one attached hydrogen (secondary N) is 1. The first kappa shape index (κ1) is 24.7. The zero-order chi connectivity index (χ0) is 23.0. The molecule has 0 aliphatic heterocycles. The highest BCUT2D eigenvalue weighted by atomic mass is 35.5. The Morgan fingerprint density at radius 3 is 2.48 bits per heavy atom. The summed E-state index contributed by atoms with van der Waals surface area (Å²) in [6.45, 7) is 10.6. The number of carbonyl (C=O) groups is 2. The zero-order valence-corrected chi connectivity index (χ0v) is 19.9. The smallest absolute Gasteiger partial charge is 0.261 e. The minimum Gasteiger partial charge on any atom is -0.483 e. The third-order valence-corrected chi connectivity index (χ3v) is 5.72. The van der Waals surface area contributed by atoms with E-state index in [1.54, 1.807) is 11.0 Å². The average molecular weight is 445 g/mol. The van der Waals surface area contributed by atoms with Crippen molar-refractivity contribution in [3.05, 3.63) is 63.7 Å². The Morgan fingerprint density at radius 1 is 1.13 bits per heavy atom. The maximum atomic E-state index is 13.3. The molecule has 5 nitrogen and oxygen atoms in total. The summed E-state index contributed by atoms with van der Waals surface area (Å²) in [6, 6.07) is 10.8. The van der Waals surface area contributed by atoms with Crippen molar-refractivity contribution in [2.45, 2.75) is 60.0 Å². The van der Waals surface area contributed by atoms with Gasteiger partial charge in [-0.25, -0.2) is 0 Å². The number of carbonyl (C=O) groups excluding carboxylic acids is 2. The van der Waals surface area contributed by atoms with Gasteiger partial charge in [-0.1, -0.05) is 49.7 Å². The van der Waals surface area contributed by atoms with E-state index in [9.17, 15) is 9.59 Å². The van der Waals surface area contributed by atoms with Gasteiger partial charge in [-0.2, -0.15) is 0 Å². The van der Waals surface area contributed by atoms with Crippen molar-refractivity contribution in [3.8, 4) is 5.75 Å². The minimum atomic E-state index is -0.598. The molecule has 31 heavy (non-hydrogen) atoms. The summed E-state index contributed by atoms with van der Waals surface area (Å²) in [5, 5.41) is 3.48. The Morgan fingerprint density at radius 2 is 1.84 bits per heavy atom. The third kappa shape index (κ3) is 6.73. The summed E-state index contributed by atoms with van der Waals surface area (Å²) in [5.41, 5.74) is 3.98. The molecule has 0 fully saturated rings. The number of ether oxygens (including phenoxy) is 1. The van der Waals surface area contributed by atoms with E-state index in [4.69, 9.17) is 16.3 Å². The van der Waals surface area contributed by atoms with Gasteiger partial charge in [0.2, 0.25) is 5.91 Å². The number of hydrogen-bond acceptors (Lipinski definition) is 3. The Kier molecular flexibility index (Phi) is 9.38. The SMILES string of the molecule is CCCNC(=O)[C@@H](CC)N(Cc1ccccc1Cl)C(=O)COc1cc(C)cc(C)c1C. The molecule has 2 aromatic carbocycles. The third-order valence-electron chi connectivity index (χ3n) is 5.35. The van der Waals surface area contributed by atoms with E-state index in [2.05, 4.69) is 11.4 Å². The number of aryl methyl sites for hydroxylation is 2. The van der Waals surface area contributed by atoms with E-state index < -0.39 is 6.04 Å². The number of halogens is 1. The molecular weight excluding hydrogens is 412 g/mol. The normalized spacial score (nSPS) is 11.7. The summed E-state index contributed by atoms with van der Waals surface area (Å²) >= 11 is 6.34. The van der Waals surface area contributed by atoms with Crippen molar-refractivity contribution in [3.63, 3.8) is 0 Å². The molecule has 2 aromatic rings. The molecule has 0 heterocycles. The second-order valence-electron chi connectivity index (χ2n) is 7.82. The Balaban J connectivity index is 2.26. The van der Waals surface area contributed by atoms with Gasteiger partial charge < -0.3 is 15.0 Å². The van der Waals surface area contributed by atoms with Crippen LogP contribution in [0.1, 0.15) is 48.9 Å². The van der Waals surface area contributed by atoms with Crippen molar-refractivity contribution in [2.24, 2.45) is 0 Å². The fourth-order valence-electron chi connectivity index (χ4n) is 3.47. The quantitative estimate of drug-likeness (QED) is 0.562. The van der Waals surface area contributed by atoms with Crippen LogP contribution in [0.25, 0.3) is 0 Å². The van der Waals surface area contributed by atoms with Gasteiger partial charge >= 0.3 is 0 Å². The molecular formula is C25H33ClN2O3. The minimum absolute atomic E-state index is 0.147. The maximum Gasteiger partial charge on any atom is 0.261 e. The van der Waals surface area contributed by atoms with E-state index in [1.165, 1.54) is 0 Å². The lowest BCUT2D eigenvalue weighted by atomic mass is 10.1. The van der Waals surface area contributed by atoms with Crippen LogP contribution < -0.4 is 10.1 Å². The number of hydrogen-bond donors (Lipinski definition) is 1. The van der Waals surface area contributed by atoms with Gasteiger partial charge in [-0.15, -0.1) is 0 Å². The summed E-state index contributed by atoms with van der Waals surface area (Å²) in [6.07, 6.45) is 1.32. The van der Waals surface area contributed by atoms with Gasteiger partial charge in [0.25, 0.3) is 5.91 Å². The van der Waals surface area contributed by atoms with Gasteiger partial charge in [-0.3, -0.25) is 9.59 Å². The van der Waals surface area contributed by atoms with E-state index in [0.717, 1.165) is 28.7 Å². The first-order valence-corrected chi connectivity index (χ1v) is 11.2. The van der Waals surface area contributed by atoms with E-state index in [1.807, 2.05) is 58.9 Å². The van der Waals surface area contributed by atoms with Crippen molar-refractivity contribution in [2.75, 3.05) is 13.2 Å². The van der Waals surface area contributed by atoms with Gasteiger partial charge in [0, 0.05) is 18.1 Å². The zero-order valence-electron chi connectivity index (χ0n) is 19.1. The van der Waals surface area contributed by atoms with Gasteiger partial charge in [0.05, 0.1) is 0 Å². The molecule has 0 aliphatic carbocycles. The molecule has 168 valence electrons. The first-order chi connectivity index (χ1) is 14.8. The van der Waals surface area contributed by atoms with E-state index in [-0.39, 0.29) is 25.0 Å². The van der Waals surface area contributed by atoms with Crippen LogP contribution in [0.5, 0.6) is 5.75 Å². The van der Waals surface area contributed by atoms with Crippen LogP contribution in [0.2, 0.25) is 5.02 Å². The lowest BCUT2D eigenvalue weighted by Crippen LogP contribution is -2.50. The molecule has 0 bridgehead atoms. The lowest BCUT2D eigenvalue weighted by Gasteiger charge is -2.31. The van der Waals surface area contributed by atoms with Gasteiger partial charge in [0.15, 0.2) is 6.61 Å².